The van der Waals surface area contributed by atoms with Crippen LogP contribution in [0.15, 0.2) is 23.4 Å². The molecule has 0 aromatic rings. The fraction of sp³-hybridized carbons (Fsp3) is 0.714. The highest BCUT2D eigenvalue weighted by Crippen LogP contribution is 2.31. The van der Waals surface area contributed by atoms with Gasteiger partial charge in [0.25, 0.3) is 0 Å². The van der Waals surface area contributed by atoms with Crippen molar-refractivity contribution in [2.24, 2.45) is 11.8 Å². The van der Waals surface area contributed by atoms with E-state index in [1.54, 1.807) is 11.1 Å². The Labute approximate surface area is 99.2 Å². The van der Waals surface area contributed by atoms with Gasteiger partial charge >= 0.3 is 0 Å². The molecular weight excluding hydrogens is 196 g/mol. The van der Waals surface area contributed by atoms with Crippen molar-refractivity contribution in [3.63, 3.8) is 0 Å². The molecule has 2 aliphatic rings. The highest BCUT2D eigenvalue weighted by atomic mass is 14.9. The van der Waals surface area contributed by atoms with Crippen molar-refractivity contribution in [1.82, 2.24) is 10.6 Å². The zero-order valence-corrected chi connectivity index (χ0v) is 10.6. The fourth-order valence-electron chi connectivity index (χ4n) is 2.73. The Morgan fingerprint density at radius 1 is 1.06 bits per heavy atom. The first kappa shape index (κ1) is 11.7. The average molecular weight is 220 g/mol. The summed E-state index contributed by atoms with van der Waals surface area (Å²) in [5, 5.41) is 6.76. The van der Waals surface area contributed by atoms with Gasteiger partial charge in [-0.25, -0.2) is 0 Å². The summed E-state index contributed by atoms with van der Waals surface area (Å²) < 4.78 is 0. The molecule has 0 bridgehead atoms. The second-order valence-corrected chi connectivity index (χ2v) is 5.09. The van der Waals surface area contributed by atoms with Crippen LogP contribution in [0.3, 0.4) is 0 Å². The zero-order valence-electron chi connectivity index (χ0n) is 10.6. The molecule has 0 aliphatic carbocycles. The number of hydrogen-bond donors (Lipinski definition) is 2. The lowest BCUT2D eigenvalue weighted by Gasteiger charge is -2.29. The minimum absolute atomic E-state index is 0.692. The van der Waals surface area contributed by atoms with Gasteiger partial charge in [0.2, 0.25) is 0 Å². The molecule has 90 valence electrons. The van der Waals surface area contributed by atoms with Crippen LogP contribution >= 0.6 is 0 Å². The Bertz CT molecular complexity index is 261. The molecule has 0 aromatic carbocycles. The first-order valence-electron chi connectivity index (χ1n) is 6.61. The Hall–Kier alpha value is -0.760. The number of allylic oxidation sites excluding steroid dienone is 1. The van der Waals surface area contributed by atoms with E-state index in [-0.39, 0.29) is 0 Å². The van der Waals surface area contributed by atoms with E-state index in [2.05, 4.69) is 36.8 Å². The number of nitrogens with one attached hydrogen (secondary N) is 2. The van der Waals surface area contributed by atoms with Crippen molar-refractivity contribution in [2.75, 3.05) is 19.6 Å². The van der Waals surface area contributed by atoms with E-state index in [1.807, 2.05) is 0 Å². The minimum Gasteiger partial charge on any atom is -0.391 e. The van der Waals surface area contributed by atoms with Crippen molar-refractivity contribution in [3.05, 3.63) is 23.4 Å². The molecule has 0 aromatic heterocycles. The highest BCUT2D eigenvalue weighted by Gasteiger charge is 2.21. The van der Waals surface area contributed by atoms with E-state index in [9.17, 15) is 0 Å². The standard InChI is InChI=1S/C14H24N2/c1-11(13-5-8-15-9-6-13)12(2)14-4-3-7-16-10-14/h5,10-12,15-16H,3-4,6-9H2,1-2H3. The van der Waals surface area contributed by atoms with Crippen LogP contribution in [0.5, 0.6) is 0 Å². The van der Waals surface area contributed by atoms with E-state index in [1.165, 1.54) is 19.3 Å². The molecule has 2 heterocycles. The van der Waals surface area contributed by atoms with Gasteiger partial charge in [0.15, 0.2) is 0 Å². The van der Waals surface area contributed by atoms with Gasteiger partial charge in [0.1, 0.15) is 0 Å². The molecule has 0 saturated carbocycles. The van der Waals surface area contributed by atoms with E-state index in [0.717, 1.165) is 19.6 Å². The average Bonchev–Trinajstić information content (AvgIpc) is 2.39. The highest BCUT2D eigenvalue weighted by molar-refractivity contribution is 5.18. The molecule has 0 saturated heterocycles. The van der Waals surface area contributed by atoms with Crippen LogP contribution in [0.25, 0.3) is 0 Å². The quantitative estimate of drug-likeness (QED) is 0.714. The summed E-state index contributed by atoms with van der Waals surface area (Å²) >= 11 is 0. The van der Waals surface area contributed by atoms with E-state index < -0.39 is 0 Å². The number of rotatable bonds is 3. The van der Waals surface area contributed by atoms with Crippen LogP contribution in [0, 0.1) is 11.8 Å². The second kappa shape index (κ2) is 5.53. The predicted octanol–water partition coefficient (Wildman–Crippen LogP) is 2.45. The molecule has 16 heavy (non-hydrogen) atoms. The van der Waals surface area contributed by atoms with Crippen molar-refractivity contribution in [1.29, 1.82) is 0 Å². The topological polar surface area (TPSA) is 24.1 Å². The maximum absolute atomic E-state index is 3.38. The van der Waals surface area contributed by atoms with Crippen molar-refractivity contribution >= 4 is 0 Å². The minimum atomic E-state index is 0.692. The third-order valence-electron chi connectivity index (χ3n) is 4.09. The molecule has 2 rings (SSSR count). The Morgan fingerprint density at radius 3 is 2.50 bits per heavy atom. The lowest BCUT2D eigenvalue weighted by atomic mass is 9.80. The van der Waals surface area contributed by atoms with Crippen LogP contribution in [-0.2, 0) is 0 Å². The van der Waals surface area contributed by atoms with Crippen molar-refractivity contribution < 1.29 is 0 Å². The third kappa shape index (κ3) is 2.67. The fourth-order valence-corrected chi connectivity index (χ4v) is 2.73. The van der Waals surface area contributed by atoms with Crippen LogP contribution in [0.4, 0.5) is 0 Å². The molecule has 0 spiro atoms. The van der Waals surface area contributed by atoms with Crippen LogP contribution in [0.2, 0.25) is 0 Å². The molecule has 2 atom stereocenters. The van der Waals surface area contributed by atoms with Crippen molar-refractivity contribution in [3.8, 4) is 0 Å². The van der Waals surface area contributed by atoms with Crippen LogP contribution in [0.1, 0.15) is 33.1 Å². The second-order valence-electron chi connectivity index (χ2n) is 5.09. The maximum atomic E-state index is 3.38. The normalized spacial score (nSPS) is 25.1. The third-order valence-corrected chi connectivity index (χ3v) is 4.09. The maximum Gasteiger partial charge on any atom is 0.0144 e. The van der Waals surface area contributed by atoms with Crippen LogP contribution < -0.4 is 10.6 Å². The van der Waals surface area contributed by atoms with Gasteiger partial charge in [-0.15, -0.1) is 0 Å². The lowest BCUT2D eigenvalue weighted by Crippen LogP contribution is -2.26. The summed E-state index contributed by atoms with van der Waals surface area (Å²) in [6.07, 6.45) is 8.45. The SMILES string of the molecule is CC(C1=CNCCC1)C(C)C1=CCNCC1. The van der Waals surface area contributed by atoms with E-state index >= 15 is 0 Å². The van der Waals surface area contributed by atoms with Gasteiger partial charge < -0.3 is 10.6 Å². The van der Waals surface area contributed by atoms with Crippen LogP contribution in [-0.4, -0.2) is 19.6 Å². The summed E-state index contributed by atoms with van der Waals surface area (Å²) in [7, 11) is 0. The summed E-state index contributed by atoms with van der Waals surface area (Å²) in [4.78, 5) is 0. The molecular formula is C14H24N2. The monoisotopic (exact) mass is 220 g/mol. The van der Waals surface area contributed by atoms with E-state index in [0.29, 0.717) is 11.8 Å². The summed E-state index contributed by atoms with van der Waals surface area (Å²) in [5.41, 5.74) is 3.26. The molecule has 0 radical (unpaired) electrons. The van der Waals surface area contributed by atoms with Crippen molar-refractivity contribution in [2.45, 2.75) is 33.1 Å². The zero-order chi connectivity index (χ0) is 11.4. The first-order valence-corrected chi connectivity index (χ1v) is 6.61. The molecule has 0 amide bonds. The summed E-state index contributed by atoms with van der Waals surface area (Å²) in [5.74, 6) is 1.39. The Morgan fingerprint density at radius 2 is 1.88 bits per heavy atom. The largest absolute Gasteiger partial charge is 0.391 e. The van der Waals surface area contributed by atoms with Gasteiger partial charge in [0.05, 0.1) is 0 Å². The van der Waals surface area contributed by atoms with Gasteiger partial charge in [-0.2, -0.15) is 0 Å². The van der Waals surface area contributed by atoms with Gasteiger partial charge in [-0.1, -0.05) is 31.1 Å². The van der Waals surface area contributed by atoms with Gasteiger partial charge in [0, 0.05) is 13.1 Å². The number of hydrogen-bond acceptors (Lipinski definition) is 2. The molecule has 2 nitrogen and oxygen atoms in total. The molecule has 2 N–H and O–H groups in total. The predicted molar refractivity (Wildman–Crippen MR) is 69.2 cm³/mol. The summed E-state index contributed by atoms with van der Waals surface area (Å²) in [6, 6.07) is 0. The molecule has 2 heteroatoms. The van der Waals surface area contributed by atoms with Gasteiger partial charge in [-0.05, 0) is 43.8 Å². The Balaban J connectivity index is 2.00. The lowest BCUT2D eigenvalue weighted by molar-refractivity contribution is 0.450. The molecule has 2 aliphatic heterocycles. The molecule has 0 fully saturated rings. The Kier molecular flexibility index (Phi) is 4.05. The van der Waals surface area contributed by atoms with Gasteiger partial charge in [-0.3, -0.25) is 0 Å². The summed E-state index contributed by atoms with van der Waals surface area (Å²) in [6.45, 7) is 8.13. The molecule has 2 unspecified atom stereocenters. The first-order chi connectivity index (χ1) is 7.79. The van der Waals surface area contributed by atoms with E-state index in [4.69, 9.17) is 0 Å². The smallest absolute Gasteiger partial charge is 0.0144 e.